The maximum Gasteiger partial charge on any atom is 0.513 e. The molecule has 0 saturated carbocycles. The van der Waals surface area contributed by atoms with E-state index in [-0.39, 0.29) is 11.8 Å². The van der Waals surface area contributed by atoms with Crippen molar-refractivity contribution in [1.82, 2.24) is 0 Å². The largest absolute Gasteiger partial charge is 0.513 e. The van der Waals surface area contributed by atoms with Gasteiger partial charge in [-0.1, -0.05) is 64.1 Å². The number of hydrogen-bond acceptors (Lipinski definition) is 9. The maximum absolute atomic E-state index is 12.3. The van der Waals surface area contributed by atoms with Crippen LogP contribution in [0, 0.1) is 25.7 Å². The molecule has 9 heteroatoms. The second kappa shape index (κ2) is 12.7. The number of benzene rings is 2. The first-order valence-corrected chi connectivity index (χ1v) is 10.8. The number of rotatable bonds is 10. The van der Waals surface area contributed by atoms with E-state index in [1.807, 2.05) is 0 Å². The molecule has 0 N–H and O–H groups in total. The third-order valence-corrected chi connectivity index (χ3v) is 4.68. The molecule has 0 aliphatic heterocycles. The van der Waals surface area contributed by atoms with Gasteiger partial charge in [-0.05, 0) is 37.1 Å². The van der Waals surface area contributed by atoms with Gasteiger partial charge in [-0.2, -0.15) is 0 Å². The van der Waals surface area contributed by atoms with Crippen LogP contribution in [0.4, 0.5) is 4.79 Å². The van der Waals surface area contributed by atoms with Gasteiger partial charge in [0.2, 0.25) is 0 Å². The average molecular weight is 475 g/mol. The SMILES string of the molecule is Cc1ccccc1C(=O)OOC(OC(=O)OC(OOC(=O)c1ccccc1C)C(C)C)C(C)C. The van der Waals surface area contributed by atoms with Gasteiger partial charge in [-0.25, -0.2) is 14.4 Å². The number of hydrogen-bond donors (Lipinski definition) is 0. The highest BCUT2D eigenvalue weighted by atomic mass is 17.2. The molecule has 0 fully saturated rings. The highest BCUT2D eigenvalue weighted by Gasteiger charge is 2.28. The molecule has 184 valence electrons. The number of carbonyl (C=O) groups excluding carboxylic acids is 3. The molecule has 0 spiro atoms. The van der Waals surface area contributed by atoms with Crippen LogP contribution >= 0.6 is 0 Å². The van der Waals surface area contributed by atoms with Crippen molar-refractivity contribution in [3.63, 3.8) is 0 Å². The molecule has 2 atom stereocenters. The Hall–Kier alpha value is -3.43. The molecular weight excluding hydrogens is 444 g/mol. The van der Waals surface area contributed by atoms with Crippen molar-refractivity contribution in [2.75, 3.05) is 0 Å². The lowest BCUT2D eigenvalue weighted by Gasteiger charge is -2.23. The van der Waals surface area contributed by atoms with E-state index in [9.17, 15) is 14.4 Å². The summed E-state index contributed by atoms with van der Waals surface area (Å²) >= 11 is 0. The van der Waals surface area contributed by atoms with Gasteiger partial charge in [0.1, 0.15) is 0 Å². The van der Waals surface area contributed by atoms with Crippen LogP contribution < -0.4 is 0 Å². The fourth-order valence-corrected chi connectivity index (χ4v) is 2.63. The fourth-order valence-electron chi connectivity index (χ4n) is 2.63. The van der Waals surface area contributed by atoms with Crippen LogP contribution in [0.2, 0.25) is 0 Å². The highest BCUT2D eigenvalue weighted by Crippen LogP contribution is 2.17. The summed E-state index contributed by atoms with van der Waals surface area (Å²) in [5.41, 5.74) is 2.04. The van der Waals surface area contributed by atoms with E-state index < -0.39 is 30.7 Å². The van der Waals surface area contributed by atoms with Gasteiger partial charge in [-0.15, -0.1) is 9.78 Å². The molecule has 2 unspecified atom stereocenters. The van der Waals surface area contributed by atoms with Crippen molar-refractivity contribution < 1.29 is 43.4 Å². The summed E-state index contributed by atoms with van der Waals surface area (Å²) in [6.07, 6.45) is -3.65. The van der Waals surface area contributed by atoms with Crippen LogP contribution in [-0.2, 0) is 29.0 Å². The molecule has 0 amide bonds. The minimum absolute atomic E-state index is 0.316. The first kappa shape index (κ1) is 26.8. The molecule has 9 nitrogen and oxygen atoms in total. The van der Waals surface area contributed by atoms with Crippen LogP contribution in [-0.4, -0.2) is 30.7 Å². The number of carbonyl (C=O) groups is 3. The van der Waals surface area contributed by atoms with E-state index in [0.29, 0.717) is 22.3 Å². The molecule has 2 aromatic carbocycles. The van der Waals surface area contributed by atoms with Crippen LogP contribution in [0.1, 0.15) is 59.5 Å². The smallest absolute Gasteiger partial charge is 0.400 e. The van der Waals surface area contributed by atoms with Gasteiger partial charge in [0.05, 0.1) is 11.1 Å². The summed E-state index contributed by atoms with van der Waals surface area (Å²) in [6.45, 7) is 10.3. The Balaban J connectivity index is 1.92. The molecule has 2 aromatic rings. The van der Waals surface area contributed by atoms with Crippen molar-refractivity contribution in [3.8, 4) is 0 Å². The Kier molecular flexibility index (Phi) is 10.0. The van der Waals surface area contributed by atoms with E-state index in [2.05, 4.69) is 0 Å². The summed E-state index contributed by atoms with van der Waals surface area (Å²) in [6, 6.07) is 13.6. The minimum atomic E-state index is -1.25. The Morgan fingerprint density at radius 1 is 0.618 bits per heavy atom. The lowest BCUT2D eigenvalue weighted by molar-refractivity contribution is -0.357. The van der Waals surface area contributed by atoms with Crippen molar-refractivity contribution in [2.24, 2.45) is 11.8 Å². The van der Waals surface area contributed by atoms with Crippen molar-refractivity contribution in [1.29, 1.82) is 0 Å². The average Bonchev–Trinajstić information content (AvgIpc) is 2.79. The first-order valence-electron chi connectivity index (χ1n) is 10.8. The quantitative estimate of drug-likeness (QED) is 0.196. The van der Waals surface area contributed by atoms with Gasteiger partial charge >= 0.3 is 18.1 Å². The Morgan fingerprint density at radius 3 is 1.29 bits per heavy atom. The van der Waals surface area contributed by atoms with Gasteiger partial charge in [-0.3, -0.25) is 9.78 Å². The van der Waals surface area contributed by atoms with Crippen LogP contribution in [0.15, 0.2) is 48.5 Å². The standard InChI is InChI=1S/C25H30O9/c1-15(2)23(33-31-21(26)19-13-9-7-11-17(19)5)29-25(28)30-24(16(3)4)34-32-22(27)20-14-10-8-12-18(20)6/h7-16,23-24H,1-6H3. The van der Waals surface area contributed by atoms with Gasteiger partial charge in [0.25, 0.3) is 12.6 Å². The second-order valence-electron chi connectivity index (χ2n) is 8.27. The predicted octanol–water partition coefficient (Wildman–Crippen LogP) is 5.30. The molecule has 0 radical (unpaired) electrons. The van der Waals surface area contributed by atoms with E-state index in [1.165, 1.54) is 0 Å². The van der Waals surface area contributed by atoms with Crippen LogP contribution in [0.5, 0.6) is 0 Å². The Bertz CT molecular complexity index is 906. The van der Waals surface area contributed by atoms with Crippen molar-refractivity contribution in [2.45, 2.75) is 54.1 Å². The molecule has 0 aliphatic carbocycles. The monoisotopic (exact) mass is 474 g/mol. The molecule has 0 bridgehead atoms. The van der Waals surface area contributed by atoms with Crippen molar-refractivity contribution >= 4 is 18.1 Å². The predicted molar refractivity (Wildman–Crippen MR) is 120 cm³/mol. The zero-order chi connectivity index (χ0) is 25.3. The van der Waals surface area contributed by atoms with E-state index in [1.54, 1.807) is 90.1 Å². The summed E-state index contributed by atoms with van der Waals surface area (Å²) in [4.78, 5) is 56.6. The summed E-state index contributed by atoms with van der Waals surface area (Å²) in [5, 5.41) is 0. The molecule has 0 aromatic heterocycles. The molecular formula is C25H30O9. The lowest BCUT2D eigenvalue weighted by atomic mass is 10.1. The normalized spacial score (nSPS) is 12.7. The third kappa shape index (κ3) is 7.86. The third-order valence-electron chi connectivity index (χ3n) is 4.68. The lowest BCUT2D eigenvalue weighted by Crippen LogP contribution is -2.33. The van der Waals surface area contributed by atoms with Gasteiger partial charge < -0.3 is 9.47 Å². The van der Waals surface area contributed by atoms with E-state index in [0.717, 1.165) is 0 Å². The van der Waals surface area contributed by atoms with Gasteiger partial charge in [0, 0.05) is 11.8 Å². The van der Waals surface area contributed by atoms with E-state index in [4.69, 9.17) is 29.0 Å². The summed E-state index contributed by atoms with van der Waals surface area (Å²) < 4.78 is 10.3. The van der Waals surface area contributed by atoms with Gasteiger partial charge in [0.15, 0.2) is 0 Å². The molecule has 0 heterocycles. The Morgan fingerprint density at radius 2 is 0.971 bits per heavy atom. The maximum atomic E-state index is 12.3. The second-order valence-corrected chi connectivity index (χ2v) is 8.27. The van der Waals surface area contributed by atoms with Crippen LogP contribution in [0.3, 0.4) is 0 Å². The number of aryl methyl sites for hydroxylation is 2. The van der Waals surface area contributed by atoms with Crippen molar-refractivity contribution in [3.05, 3.63) is 70.8 Å². The summed E-state index contributed by atoms with van der Waals surface area (Å²) in [5.74, 6) is -2.22. The molecule has 0 aliphatic rings. The van der Waals surface area contributed by atoms with E-state index >= 15 is 0 Å². The first-order chi connectivity index (χ1) is 16.1. The number of ether oxygens (including phenoxy) is 2. The fraction of sp³-hybridized carbons (Fsp3) is 0.400. The minimum Gasteiger partial charge on any atom is -0.400 e. The zero-order valence-corrected chi connectivity index (χ0v) is 20.1. The zero-order valence-electron chi connectivity index (χ0n) is 20.1. The highest BCUT2D eigenvalue weighted by molar-refractivity contribution is 5.91. The molecule has 34 heavy (non-hydrogen) atoms. The topological polar surface area (TPSA) is 107 Å². The molecule has 0 saturated heterocycles. The molecule has 2 rings (SSSR count). The van der Waals surface area contributed by atoms with Crippen LogP contribution in [0.25, 0.3) is 0 Å². The Labute approximate surface area is 198 Å². The summed E-state index contributed by atoms with van der Waals surface area (Å²) in [7, 11) is 0.